The summed E-state index contributed by atoms with van der Waals surface area (Å²) < 4.78 is 4.65. The smallest absolute Gasteiger partial charge is 0.343 e. The number of nitrogens with zero attached hydrogens (tertiary/aromatic N) is 3. The molecule has 0 spiro atoms. The van der Waals surface area contributed by atoms with E-state index in [2.05, 4.69) is 19.7 Å². The Morgan fingerprint density at radius 3 is 2.63 bits per heavy atom. The minimum absolute atomic E-state index is 0.141. The van der Waals surface area contributed by atoms with E-state index in [0.29, 0.717) is 17.9 Å². The molecule has 2 N–H and O–H groups in total. The quantitative estimate of drug-likeness (QED) is 0.856. The molecule has 0 aliphatic carbocycles. The van der Waals surface area contributed by atoms with Gasteiger partial charge in [-0.2, -0.15) is 0 Å². The number of hydrogen-bond acceptors (Lipinski definition) is 7. The van der Waals surface area contributed by atoms with Crippen LogP contribution in [0.1, 0.15) is 32.6 Å². The van der Waals surface area contributed by atoms with Gasteiger partial charge in [0.1, 0.15) is 22.2 Å². The van der Waals surface area contributed by atoms with E-state index in [1.165, 1.54) is 7.11 Å². The number of methoxy groups -OCH3 is 1. The Balaban J connectivity index is 2.32. The summed E-state index contributed by atoms with van der Waals surface area (Å²) in [7, 11) is 1.30. The largest absolute Gasteiger partial charge is 0.465 e. The molecule has 0 aliphatic heterocycles. The lowest BCUT2D eigenvalue weighted by Gasteiger charge is -2.07. The van der Waals surface area contributed by atoms with Crippen molar-refractivity contribution in [1.29, 1.82) is 0 Å². The number of aryl methyl sites for hydroxylation is 2. The third-order valence-corrected chi connectivity index (χ3v) is 3.50. The molecule has 0 atom stereocenters. The van der Waals surface area contributed by atoms with Gasteiger partial charge in [-0.25, -0.2) is 19.7 Å². The van der Waals surface area contributed by atoms with Crippen molar-refractivity contribution in [2.75, 3.05) is 12.8 Å². The van der Waals surface area contributed by atoms with Gasteiger partial charge in [-0.05, 0) is 13.8 Å². The highest BCUT2D eigenvalue weighted by Crippen LogP contribution is 2.17. The Morgan fingerprint density at radius 1 is 1.37 bits per heavy atom. The van der Waals surface area contributed by atoms with Crippen LogP contribution in [-0.4, -0.2) is 28.0 Å². The number of ether oxygens (including phenoxy) is 1. The van der Waals surface area contributed by atoms with Crippen molar-refractivity contribution in [3.05, 3.63) is 33.2 Å². The van der Waals surface area contributed by atoms with Gasteiger partial charge >= 0.3 is 5.97 Å². The summed E-state index contributed by atoms with van der Waals surface area (Å²) in [5.41, 5.74) is 7.50. The van der Waals surface area contributed by atoms with Crippen molar-refractivity contribution < 1.29 is 9.53 Å². The molecule has 19 heavy (non-hydrogen) atoms. The summed E-state index contributed by atoms with van der Waals surface area (Å²) in [5, 5.41) is 2.89. The molecular formula is C12H14N4O2S. The summed E-state index contributed by atoms with van der Waals surface area (Å²) >= 11 is 1.55. The van der Waals surface area contributed by atoms with E-state index in [4.69, 9.17) is 5.73 Å². The highest BCUT2D eigenvalue weighted by Gasteiger charge is 2.17. The van der Waals surface area contributed by atoms with Gasteiger partial charge in [-0.3, -0.25) is 0 Å². The van der Waals surface area contributed by atoms with Crippen molar-refractivity contribution in [1.82, 2.24) is 15.0 Å². The van der Waals surface area contributed by atoms with Crippen LogP contribution in [0.15, 0.2) is 5.38 Å². The molecular weight excluding hydrogens is 264 g/mol. The molecule has 0 saturated heterocycles. The molecule has 6 nitrogen and oxygen atoms in total. The first-order valence-electron chi connectivity index (χ1n) is 5.63. The second kappa shape index (κ2) is 5.31. The summed E-state index contributed by atoms with van der Waals surface area (Å²) in [6.07, 6.45) is 0.505. The summed E-state index contributed by atoms with van der Waals surface area (Å²) in [6.45, 7) is 3.64. The Bertz CT molecular complexity index is 601. The van der Waals surface area contributed by atoms with Crippen LogP contribution < -0.4 is 5.73 Å². The van der Waals surface area contributed by atoms with Crippen LogP contribution in [0.5, 0.6) is 0 Å². The fraction of sp³-hybridized carbons (Fsp3) is 0.333. The first-order valence-corrected chi connectivity index (χ1v) is 6.51. The Labute approximate surface area is 114 Å². The van der Waals surface area contributed by atoms with Crippen LogP contribution in [0.4, 0.5) is 5.82 Å². The van der Waals surface area contributed by atoms with E-state index in [1.807, 2.05) is 12.3 Å². The third-order valence-electron chi connectivity index (χ3n) is 2.53. The van der Waals surface area contributed by atoms with Crippen LogP contribution in [0, 0.1) is 13.8 Å². The van der Waals surface area contributed by atoms with Gasteiger partial charge < -0.3 is 10.5 Å². The van der Waals surface area contributed by atoms with Crippen LogP contribution in [0.2, 0.25) is 0 Å². The van der Waals surface area contributed by atoms with Gasteiger partial charge in [0.15, 0.2) is 0 Å². The number of anilines is 1. The predicted octanol–water partition coefficient (Wildman–Crippen LogP) is 1.51. The summed E-state index contributed by atoms with van der Waals surface area (Å²) in [6, 6.07) is 0. The van der Waals surface area contributed by atoms with Gasteiger partial charge in [0, 0.05) is 11.1 Å². The zero-order valence-corrected chi connectivity index (χ0v) is 11.7. The molecule has 0 bridgehead atoms. The molecule has 2 aromatic heterocycles. The molecule has 7 heteroatoms. The molecule has 0 saturated carbocycles. The standard InChI is InChI=1S/C12H14N4O2S/c1-6-5-19-9(14-6)4-8-15-7(2)10(11(13)16-8)12(17)18-3/h5H,4H2,1-3H3,(H2,13,15,16). The number of nitrogen functional groups attached to an aromatic ring is 1. The fourth-order valence-electron chi connectivity index (χ4n) is 1.71. The fourth-order valence-corrected chi connectivity index (χ4v) is 2.48. The number of carbonyl (C=O) groups is 1. The number of thiazole rings is 1. The van der Waals surface area contributed by atoms with Gasteiger partial charge in [0.25, 0.3) is 0 Å². The first-order chi connectivity index (χ1) is 9.01. The molecule has 100 valence electrons. The normalized spacial score (nSPS) is 10.5. The predicted molar refractivity (Wildman–Crippen MR) is 72.2 cm³/mol. The third kappa shape index (κ3) is 2.87. The number of hydrogen-bond donors (Lipinski definition) is 1. The van der Waals surface area contributed by atoms with E-state index < -0.39 is 5.97 Å². The maximum absolute atomic E-state index is 11.5. The van der Waals surface area contributed by atoms with E-state index in [-0.39, 0.29) is 11.4 Å². The van der Waals surface area contributed by atoms with Gasteiger partial charge in [-0.15, -0.1) is 11.3 Å². The Morgan fingerprint density at radius 2 is 2.11 bits per heavy atom. The Kier molecular flexibility index (Phi) is 3.75. The number of carbonyl (C=O) groups excluding carboxylic acids is 1. The zero-order valence-electron chi connectivity index (χ0n) is 10.9. The van der Waals surface area contributed by atoms with Crippen LogP contribution in [-0.2, 0) is 11.2 Å². The van der Waals surface area contributed by atoms with E-state index in [0.717, 1.165) is 10.7 Å². The molecule has 0 radical (unpaired) electrons. The van der Waals surface area contributed by atoms with Gasteiger partial charge in [0.2, 0.25) is 0 Å². The topological polar surface area (TPSA) is 91.0 Å². The van der Waals surface area contributed by atoms with Gasteiger partial charge in [-0.1, -0.05) is 0 Å². The van der Waals surface area contributed by atoms with E-state index in [1.54, 1.807) is 18.3 Å². The van der Waals surface area contributed by atoms with E-state index in [9.17, 15) is 4.79 Å². The van der Waals surface area contributed by atoms with Crippen LogP contribution in [0.3, 0.4) is 0 Å². The molecule has 2 heterocycles. The molecule has 0 aromatic carbocycles. The minimum atomic E-state index is -0.522. The number of aromatic nitrogens is 3. The van der Waals surface area contributed by atoms with Crippen molar-refractivity contribution in [2.24, 2.45) is 0 Å². The first kappa shape index (κ1) is 13.4. The second-order valence-corrected chi connectivity index (χ2v) is 4.98. The second-order valence-electron chi connectivity index (χ2n) is 4.04. The number of rotatable bonds is 3. The maximum atomic E-state index is 11.5. The molecule has 0 aliphatic rings. The highest BCUT2D eigenvalue weighted by atomic mass is 32.1. The molecule has 2 aromatic rings. The van der Waals surface area contributed by atoms with Crippen molar-refractivity contribution >= 4 is 23.1 Å². The average Bonchev–Trinajstić information content (AvgIpc) is 2.73. The van der Waals surface area contributed by atoms with Crippen molar-refractivity contribution in [3.8, 4) is 0 Å². The van der Waals surface area contributed by atoms with Crippen LogP contribution in [0.25, 0.3) is 0 Å². The van der Waals surface area contributed by atoms with Crippen molar-refractivity contribution in [2.45, 2.75) is 20.3 Å². The van der Waals surface area contributed by atoms with Gasteiger partial charge in [0.05, 0.1) is 19.2 Å². The molecule has 0 amide bonds. The van der Waals surface area contributed by atoms with E-state index >= 15 is 0 Å². The summed E-state index contributed by atoms with van der Waals surface area (Å²) in [5.74, 6) is 0.172. The molecule has 0 unspecified atom stereocenters. The van der Waals surface area contributed by atoms with Crippen molar-refractivity contribution in [3.63, 3.8) is 0 Å². The minimum Gasteiger partial charge on any atom is -0.465 e. The number of nitrogens with two attached hydrogens (primary N) is 1. The SMILES string of the molecule is COC(=O)c1c(C)nc(Cc2nc(C)cs2)nc1N. The summed E-state index contributed by atoms with van der Waals surface area (Å²) in [4.78, 5) is 24.3. The molecule has 0 fully saturated rings. The molecule has 2 rings (SSSR count). The lowest BCUT2D eigenvalue weighted by Crippen LogP contribution is -2.13. The zero-order chi connectivity index (χ0) is 14.0. The maximum Gasteiger partial charge on any atom is 0.343 e. The van der Waals surface area contributed by atoms with Crippen LogP contribution >= 0.6 is 11.3 Å². The monoisotopic (exact) mass is 278 g/mol. The lowest BCUT2D eigenvalue weighted by atomic mass is 10.2. The highest BCUT2D eigenvalue weighted by molar-refractivity contribution is 7.09. The Hall–Kier alpha value is -2.02. The number of esters is 1. The average molecular weight is 278 g/mol. The lowest BCUT2D eigenvalue weighted by molar-refractivity contribution is 0.0600.